The number of hydrogen-bond donors (Lipinski definition) is 1. The van der Waals surface area contributed by atoms with Crippen molar-refractivity contribution in [1.29, 1.82) is 0 Å². The van der Waals surface area contributed by atoms with Gasteiger partial charge in [-0.15, -0.1) is 0 Å². The summed E-state index contributed by atoms with van der Waals surface area (Å²) in [5.41, 5.74) is 0.898. The van der Waals surface area contributed by atoms with Crippen LogP contribution >= 0.6 is 0 Å². The first-order valence-corrected chi connectivity index (χ1v) is 7.06. The fourth-order valence-corrected chi connectivity index (χ4v) is 2.15. The second-order valence-corrected chi connectivity index (χ2v) is 6.03. The highest BCUT2D eigenvalue weighted by atomic mass is 32.2. The molecule has 4 nitrogen and oxygen atoms in total. The smallest absolute Gasteiger partial charge is 0.175 e. The molecule has 0 bridgehead atoms. The average Bonchev–Trinajstić information content (AvgIpc) is 2.14. The molecule has 0 amide bonds. The average molecular weight is 241 g/mol. The molecule has 1 aliphatic heterocycles. The van der Waals surface area contributed by atoms with Crippen LogP contribution in [0.3, 0.4) is 0 Å². The van der Waals surface area contributed by atoms with E-state index < -0.39 is 9.84 Å². The van der Waals surface area contributed by atoms with E-state index in [0.717, 1.165) is 18.7 Å². The molecule has 1 N–H and O–H groups in total. The zero-order chi connectivity index (χ0) is 11.6. The summed E-state index contributed by atoms with van der Waals surface area (Å²) in [6.45, 7) is 2.23. The summed E-state index contributed by atoms with van der Waals surface area (Å²) in [5, 5.41) is 3.11. The SMILES string of the molecule is CS(=O)(=O)c1cccc(COC2CNC2)c1. The van der Waals surface area contributed by atoms with Gasteiger partial charge in [0.1, 0.15) is 0 Å². The van der Waals surface area contributed by atoms with Gasteiger partial charge in [-0.05, 0) is 17.7 Å². The molecule has 0 spiro atoms. The molecule has 1 aromatic rings. The lowest BCUT2D eigenvalue weighted by Gasteiger charge is -2.27. The first kappa shape index (κ1) is 11.6. The van der Waals surface area contributed by atoms with Crippen molar-refractivity contribution >= 4 is 9.84 Å². The molecule has 0 aliphatic carbocycles. The van der Waals surface area contributed by atoms with Gasteiger partial charge in [0.15, 0.2) is 9.84 Å². The van der Waals surface area contributed by atoms with Crippen molar-refractivity contribution in [1.82, 2.24) is 5.32 Å². The zero-order valence-corrected chi connectivity index (χ0v) is 9.96. The first-order valence-electron chi connectivity index (χ1n) is 5.17. The Labute approximate surface area is 95.5 Å². The van der Waals surface area contributed by atoms with Crippen LogP contribution in [0.25, 0.3) is 0 Å². The first-order chi connectivity index (χ1) is 7.55. The van der Waals surface area contributed by atoms with E-state index in [4.69, 9.17) is 4.74 Å². The van der Waals surface area contributed by atoms with Crippen LogP contribution in [0.2, 0.25) is 0 Å². The van der Waals surface area contributed by atoms with Crippen molar-refractivity contribution in [2.45, 2.75) is 17.6 Å². The molecule has 5 heteroatoms. The van der Waals surface area contributed by atoms with Gasteiger partial charge >= 0.3 is 0 Å². The van der Waals surface area contributed by atoms with Gasteiger partial charge in [-0.25, -0.2) is 8.42 Å². The van der Waals surface area contributed by atoms with Crippen LogP contribution in [-0.2, 0) is 21.2 Å². The molecular weight excluding hydrogens is 226 g/mol. The summed E-state index contributed by atoms with van der Waals surface area (Å²) in [5.74, 6) is 0. The second kappa shape index (κ2) is 4.53. The summed E-state index contributed by atoms with van der Waals surface area (Å²) >= 11 is 0. The summed E-state index contributed by atoms with van der Waals surface area (Å²) in [6, 6.07) is 6.89. The minimum Gasteiger partial charge on any atom is -0.371 e. The normalized spacial score (nSPS) is 17.1. The van der Waals surface area contributed by atoms with E-state index in [-0.39, 0.29) is 6.10 Å². The molecule has 0 unspecified atom stereocenters. The minimum absolute atomic E-state index is 0.266. The predicted octanol–water partition coefficient (Wildman–Crippen LogP) is 0.578. The highest BCUT2D eigenvalue weighted by molar-refractivity contribution is 7.90. The van der Waals surface area contributed by atoms with E-state index >= 15 is 0 Å². The number of sulfone groups is 1. The van der Waals surface area contributed by atoms with Crippen molar-refractivity contribution in [3.05, 3.63) is 29.8 Å². The molecule has 1 saturated heterocycles. The highest BCUT2D eigenvalue weighted by Crippen LogP contribution is 2.13. The van der Waals surface area contributed by atoms with Crippen molar-refractivity contribution < 1.29 is 13.2 Å². The molecule has 0 atom stereocenters. The van der Waals surface area contributed by atoms with Gasteiger partial charge in [0, 0.05) is 19.3 Å². The molecule has 1 fully saturated rings. The van der Waals surface area contributed by atoms with Gasteiger partial charge in [-0.2, -0.15) is 0 Å². The maximum Gasteiger partial charge on any atom is 0.175 e. The number of hydrogen-bond acceptors (Lipinski definition) is 4. The lowest BCUT2D eigenvalue weighted by atomic mass is 10.2. The summed E-state index contributed by atoms with van der Waals surface area (Å²) in [6.07, 6.45) is 1.48. The van der Waals surface area contributed by atoms with Gasteiger partial charge in [0.05, 0.1) is 17.6 Å². The third-order valence-electron chi connectivity index (χ3n) is 2.56. The molecule has 0 saturated carbocycles. The Bertz CT molecular complexity index is 466. The van der Waals surface area contributed by atoms with Gasteiger partial charge < -0.3 is 10.1 Å². The van der Waals surface area contributed by atoms with Gasteiger partial charge in [-0.1, -0.05) is 12.1 Å². The predicted molar refractivity (Wildman–Crippen MR) is 61.0 cm³/mol. The molecule has 1 aliphatic rings. The van der Waals surface area contributed by atoms with Gasteiger partial charge in [0.25, 0.3) is 0 Å². The van der Waals surface area contributed by atoms with Crippen molar-refractivity contribution in [3.63, 3.8) is 0 Å². The van der Waals surface area contributed by atoms with Crippen LogP contribution in [-0.4, -0.2) is 33.9 Å². The van der Waals surface area contributed by atoms with Crippen LogP contribution in [0.5, 0.6) is 0 Å². The number of rotatable bonds is 4. The van der Waals surface area contributed by atoms with E-state index in [1.54, 1.807) is 18.2 Å². The maximum atomic E-state index is 11.3. The molecule has 2 rings (SSSR count). The number of ether oxygens (including phenoxy) is 1. The molecule has 1 heterocycles. The van der Waals surface area contributed by atoms with E-state index in [1.807, 2.05) is 6.07 Å². The topological polar surface area (TPSA) is 55.4 Å². The largest absolute Gasteiger partial charge is 0.371 e. The third-order valence-corrected chi connectivity index (χ3v) is 3.67. The van der Waals surface area contributed by atoms with Crippen LogP contribution in [0, 0.1) is 0 Å². The second-order valence-electron chi connectivity index (χ2n) is 4.01. The molecule has 16 heavy (non-hydrogen) atoms. The molecule has 1 aromatic carbocycles. The Morgan fingerprint density at radius 2 is 2.19 bits per heavy atom. The number of nitrogens with one attached hydrogen (secondary N) is 1. The zero-order valence-electron chi connectivity index (χ0n) is 9.14. The van der Waals surface area contributed by atoms with E-state index in [0.29, 0.717) is 11.5 Å². The molecule has 0 aromatic heterocycles. The Morgan fingerprint density at radius 3 is 2.75 bits per heavy atom. The quantitative estimate of drug-likeness (QED) is 0.837. The van der Waals surface area contributed by atoms with Crippen LogP contribution in [0.4, 0.5) is 0 Å². The molecule has 0 radical (unpaired) electrons. The Hall–Kier alpha value is -0.910. The molecular formula is C11H15NO3S. The van der Waals surface area contributed by atoms with Gasteiger partial charge in [0.2, 0.25) is 0 Å². The van der Waals surface area contributed by atoms with E-state index in [1.165, 1.54) is 6.26 Å². The van der Waals surface area contributed by atoms with Crippen molar-refractivity contribution in [3.8, 4) is 0 Å². The fourth-order valence-electron chi connectivity index (χ4n) is 1.46. The van der Waals surface area contributed by atoms with Gasteiger partial charge in [-0.3, -0.25) is 0 Å². The summed E-state index contributed by atoms with van der Waals surface area (Å²) in [4.78, 5) is 0.348. The summed E-state index contributed by atoms with van der Waals surface area (Å²) < 4.78 is 28.3. The van der Waals surface area contributed by atoms with Crippen molar-refractivity contribution in [2.75, 3.05) is 19.3 Å². The monoisotopic (exact) mass is 241 g/mol. The summed E-state index contributed by atoms with van der Waals surface area (Å²) in [7, 11) is -3.12. The van der Waals surface area contributed by atoms with Crippen LogP contribution < -0.4 is 5.32 Å². The third kappa shape index (κ3) is 2.81. The maximum absolute atomic E-state index is 11.3. The molecule has 88 valence electrons. The van der Waals surface area contributed by atoms with Crippen LogP contribution in [0.15, 0.2) is 29.2 Å². The highest BCUT2D eigenvalue weighted by Gasteiger charge is 2.17. The van der Waals surface area contributed by atoms with Crippen LogP contribution in [0.1, 0.15) is 5.56 Å². The van der Waals surface area contributed by atoms with E-state index in [9.17, 15) is 8.42 Å². The Kier molecular flexibility index (Phi) is 3.28. The Balaban J connectivity index is 2.04. The number of benzene rings is 1. The van der Waals surface area contributed by atoms with E-state index in [2.05, 4.69) is 5.32 Å². The lowest BCUT2D eigenvalue weighted by molar-refractivity contribution is 0.00751. The fraction of sp³-hybridized carbons (Fsp3) is 0.455. The standard InChI is InChI=1S/C11H15NO3S/c1-16(13,14)11-4-2-3-9(5-11)8-15-10-6-12-7-10/h2-5,10,12H,6-8H2,1H3. The van der Waals surface area contributed by atoms with Crippen molar-refractivity contribution in [2.24, 2.45) is 0 Å². The lowest BCUT2D eigenvalue weighted by Crippen LogP contribution is -2.48. The Morgan fingerprint density at radius 1 is 1.44 bits per heavy atom. The minimum atomic E-state index is -3.12.